The molecule has 0 unspecified atom stereocenters. The topological polar surface area (TPSA) is 89.8 Å². The molecular formula is C9H10N4O3. The molecule has 2 aromatic heterocycles. The van der Waals surface area contributed by atoms with Gasteiger partial charge in [-0.15, -0.1) is 0 Å². The lowest BCUT2D eigenvalue weighted by Crippen LogP contribution is -2.38. The molecule has 2 aromatic rings. The lowest BCUT2D eigenvalue weighted by molar-refractivity contribution is 0.702. The number of fused-ring (bicyclic) bond motifs is 1. The molecule has 2 rings (SSSR count). The summed E-state index contributed by atoms with van der Waals surface area (Å²) in [6.07, 6.45) is 0. The summed E-state index contributed by atoms with van der Waals surface area (Å²) >= 11 is 0. The molecule has 0 aromatic carbocycles. The second kappa shape index (κ2) is 3.16. The lowest BCUT2D eigenvalue weighted by atomic mass is 10.4. The van der Waals surface area contributed by atoms with Crippen molar-refractivity contribution in [3.05, 3.63) is 36.9 Å². The lowest BCUT2D eigenvalue weighted by Gasteiger charge is -2.06. The van der Waals surface area contributed by atoms with Crippen LogP contribution >= 0.6 is 0 Å². The Labute approximate surface area is 89.0 Å². The second-order valence-corrected chi connectivity index (χ2v) is 3.56. The Balaban J connectivity index is 3.22. The van der Waals surface area contributed by atoms with Crippen LogP contribution in [0.25, 0.3) is 11.2 Å². The first-order valence-corrected chi connectivity index (χ1v) is 4.60. The van der Waals surface area contributed by atoms with Gasteiger partial charge in [-0.1, -0.05) is 0 Å². The Morgan fingerprint density at radius 3 is 2.38 bits per heavy atom. The standard InChI is InChI=1S/C9H10N4O3/c1-4-7(14)11-5-6(10-4)12(2)9(16)13(3)8(5)15/h1-3H3,(H,11,14). The van der Waals surface area contributed by atoms with Crippen molar-refractivity contribution in [1.29, 1.82) is 0 Å². The molecular weight excluding hydrogens is 212 g/mol. The number of hydrogen-bond acceptors (Lipinski definition) is 4. The highest BCUT2D eigenvalue weighted by molar-refractivity contribution is 5.68. The Morgan fingerprint density at radius 1 is 1.12 bits per heavy atom. The highest BCUT2D eigenvalue weighted by Gasteiger charge is 2.11. The third-order valence-electron chi connectivity index (χ3n) is 2.47. The molecule has 0 spiro atoms. The summed E-state index contributed by atoms with van der Waals surface area (Å²) in [6, 6.07) is 0. The molecule has 0 aliphatic rings. The molecule has 0 atom stereocenters. The van der Waals surface area contributed by atoms with Crippen LogP contribution in [0, 0.1) is 6.92 Å². The molecule has 2 heterocycles. The average Bonchev–Trinajstić information content (AvgIpc) is 2.26. The molecule has 84 valence electrons. The van der Waals surface area contributed by atoms with Crippen LogP contribution in [-0.2, 0) is 14.1 Å². The molecule has 0 fully saturated rings. The summed E-state index contributed by atoms with van der Waals surface area (Å²) < 4.78 is 2.15. The molecule has 7 heteroatoms. The number of nitrogens with zero attached hydrogens (tertiary/aromatic N) is 3. The monoisotopic (exact) mass is 222 g/mol. The van der Waals surface area contributed by atoms with Gasteiger partial charge in [0.15, 0.2) is 11.2 Å². The Hall–Kier alpha value is -2.18. The van der Waals surface area contributed by atoms with Crippen LogP contribution < -0.4 is 16.8 Å². The summed E-state index contributed by atoms with van der Waals surface area (Å²) in [6.45, 7) is 1.51. The summed E-state index contributed by atoms with van der Waals surface area (Å²) in [7, 11) is 2.84. The minimum atomic E-state index is -0.553. The van der Waals surface area contributed by atoms with Crippen LogP contribution in [0.1, 0.15) is 5.69 Å². The van der Waals surface area contributed by atoms with Crippen LogP contribution in [0.15, 0.2) is 14.4 Å². The first-order valence-electron chi connectivity index (χ1n) is 4.60. The predicted molar refractivity (Wildman–Crippen MR) is 57.6 cm³/mol. The largest absolute Gasteiger partial charge is 0.332 e. The Kier molecular flexibility index (Phi) is 2.04. The zero-order valence-electron chi connectivity index (χ0n) is 9.07. The molecule has 0 saturated carbocycles. The van der Waals surface area contributed by atoms with Gasteiger partial charge in [-0.25, -0.2) is 9.78 Å². The molecule has 0 amide bonds. The van der Waals surface area contributed by atoms with Crippen molar-refractivity contribution in [2.45, 2.75) is 6.92 Å². The third kappa shape index (κ3) is 1.21. The van der Waals surface area contributed by atoms with E-state index in [1.165, 1.54) is 25.6 Å². The zero-order valence-corrected chi connectivity index (χ0v) is 9.07. The van der Waals surface area contributed by atoms with Crippen LogP contribution in [0.3, 0.4) is 0 Å². The van der Waals surface area contributed by atoms with Crippen molar-refractivity contribution >= 4 is 11.2 Å². The molecule has 1 N–H and O–H groups in total. The number of rotatable bonds is 0. The first-order chi connectivity index (χ1) is 7.43. The molecule has 0 saturated heterocycles. The Bertz CT molecular complexity index is 750. The van der Waals surface area contributed by atoms with E-state index >= 15 is 0 Å². The van der Waals surface area contributed by atoms with Gasteiger partial charge < -0.3 is 4.98 Å². The van der Waals surface area contributed by atoms with Gasteiger partial charge in [0.2, 0.25) is 0 Å². The quantitative estimate of drug-likeness (QED) is 0.595. The molecule has 0 aliphatic heterocycles. The van der Waals surface area contributed by atoms with E-state index in [1.807, 2.05) is 0 Å². The highest BCUT2D eigenvalue weighted by atomic mass is 16.2. The molecule has 0 radical (unpaired) electrons. The van der Waals surface area contributed by atoms with Gasteiger partial charge in [0, 0.05) is 14.1 Å². The predicted octanol–water partition coefficient (Wildman–Crippen LogP) is -1.37. The van der Waals surface area contributed by atoms with Gasteiger partial charge in [0.05, 0.1) is 0 Å². The zero-order chi connectivity index (χ0) is 12.0. The van der Waals surface area contributed by atoms with Crippen molar-refractivity contribution < 1.29 is 0 Å². The van der Waals surface area contributed by atoms with Gasteiger partial charge in [0.25, 0.3) is 11.1 Å². The fraction of sp³-hybridized carbons (Fsp3) is 0.333. The van der Waals surface area contributed by atoms with Crippen LogP contribution in [0.5, 0.6) is 0 Å². The maximum absolute atomic E-state index is 11.7. The van der Waals surface area contributed by atoms with E-state index in [0.717, 1.165) is 4.57 Å². The number of aromatic nitrogens is 4. The second-order valence-electron chi connectivity index (χ2n) is 3.56. The van der Waals surface area contributed by atoms with E-state index in [4.69, 9.17) is 0 Å². The van der Waals surface area contributed by atoms with Crippen molar-refractivity contribution in [1.82, 2.24) is 19.1 Å². The molecule has 0 aliphatic carbocycles. The van der Waals surface area contributed by atoms with E-state index in [2.05, 4.69) is 9.97 Å². The molecule has 16 heavy (non-hydrogen) atoms. The fourth-order valence-corrected chi connectivity index (χ4v) is 1.49. The number of aryl methyl sites for hydroxylation is 2. The van der Waals surface area contributed by atoms with E-state index < -0.39 is 16.8 Å². The van der Waals surface area contributed by atoms with E-state index in [1.54, 1.807) is 0 Å². The smallest absolute Gasteiger partial charge is 0.313 e. The van der Waals surface area contributed by atoms with Crippen LogP contribution in [0.2, 0.25) is 0 Å². The summed E-state index contributed by atoms with van der Waals surface area (Å²) in [5, 5.41) is 0. The minimum Gasteiger partial charge on any atom is -0.313 e. The minimum absolute atomic E-state index is 0.0419. The van der Waals surface area contributed by atoms with Gasteiger partial charge in [-0.2, -0.15) is 0 Å². The van der Waals surface area contributed by atoms with E-state index in [-0.39, 0.29) is 16.9 Å². The summed E-state index contributed by atoms with van der Waals surface area (Å²) in [5.74, 6) is 0. The van der Waals surface area contributed by atoms with Crippen molar-refractivity contribution in [2.24, 2.45) is 14.1 Å². The van der Waals surface area contributed by atoms with Crippen LogP contribution in [0.4, 0.5) is 0 Å². The van der Waals surface area contributed by atoms with Crippen molar-refractivity contribution in [3.63, 3.8) is 0 Å². The van der Waals surface area contributed by atoms with Gasteiger partial charge in [0.1, 0.15) is 5.69 Å². The summed E-state index contributed by atoms with van der Waals surface area (Å²) in [5.41, 5.74) is -1.01. The average molecular weight is 222 g/mol. The van der Waals surface area contributed by atoms with Gasteiger partial charge in [-0.3, -0.25) is 18.7 Å². The maximum atomic E-state index is 11.7. The van der Waals surface area contributed by atoms with Crippen LogP contribution in [-0.4, -0.2) is 19.1 Å². The normalized spacial score (nSPS) is 10.9. The highest BCUT2D eigenvalue weighted by Crippen LogP contribution is 1.97. The van der Waals surface area contributed by atoms with Gasteiger partial charge in [-0.05, 0) is 6.92 Å². The summed E-state index contributed by atoms with van der Waals surface area (Å²) in [4.78, 5) is 41.0. The van der Waals surface area contributed by atoms with E-state index in [9.17, 15) is 14.4 Å². The SMILES string of the molecule is Cc1nc2c([nH]c1=O)c(=O)n(C)c(=O)n2C. The first kappa shape index (κ1) is 10.3. The number of aromatic amines is 1. The fourth-order valence-electron chi connectivity index (χ4n) is 1.49. The Morgan fingerprint density at radius 2 is 1.75 bits per heavy atom. The third-order valence-corrected chi connectivity index (χ3v) is 2.47. The molecule has 7 nitrogen and oxygen atoms in total. The number of hydrogen-bond donors (Lipinski definition) is 1. The molecule has 0 bridgehead atoms. The number of nitrogens with one attached hydrogen (secondary N) is 1. The van der Waals surface area contributed by atoms with E-state index in [0.29, 0.717) is 0 Å². The number of H-pyrrole nitrogens is 1. The van der Waals surface area contributed by atoms with Crippen molar-refractivity contribution in [3.8, 4) is 0 Å². The van der Waals surface area contributed by atoms with Crippen molar-refractivity contribution in [2.75, 3.05) is 0 Å². The maximum Gasteiger partial charge on any atom is 0.332 e. The van der Waals surface area contributed by atoms with Gasteiger partial charge >= 0.3 is 5.69 Å².